The van der Waals surface area contributed by atoms with E-state index in [1.165, 1.54) is 6.92 Å². The van der Waals surface area contributed by atoms with Crippen LogP contribution in [0.4, 0.5) is 0 Å². The van der Waals surface area contributed by atoms with Crippen molar-refractivity contribution >= 4 is 16.1 Å². The summed E-state index contributed by atoms with van der Waals surface area (Å²) in [4.78, 5) is 10.8. The van der Waals surface area contributed by atoms with Gasteiger partial charge in [0, 0.05) is 5.57 Å². The van der Waals surface area contributed by atoms with Crippen molar-refractivity contribution < 1.29 is 57.2 Å². The Bertz CT molecular complexity index is 322. The second kappa shape index (κ2) is 7.37. The van der Waals surface area contributed by atoms with Crippen molar-refractivity contribution in [2.45, 2.75) is 13.0 Å². The van der Waals surface area contributed by atoms with Crippen LogP contribution >= 0.6 is 0 Å². The zero-order chi connectivity index (χ0) is 11.4. The van der Waals surface area contributed by atoms with Gasteiger partial charge in [-0.2, -0.15) is 8.42 Å². The van der Waals surface area contributed by atoms with E-state index in [4.69, 9.17) is 9.66 Å². The van der Waals surface area contributed by atoms with Crippen LogP contribution in [-0.4, -0.2) is 42.5 Å². The Morgan fingerprint density at radius 3 is 2.33 bits per heavy atom. The summed E-state index contributed by atoms with van der Waals surface area (Å²) in [5.41, 5.74) is 0.143. The van der Waals surface area contributed by atoms with Crippen molar-refractivity contribution in [3.8, 4) is 0 Å². The third-order valence-corrected chi connectivity index (χ3v) is 1.96. The summed E-state index contributed by atoms with van der Waals surface area (Å²) in [5.74, 6) is -1.59. The van der Waals surface area contributed by atoms with E-state index in [-0.39, 0.29) is 35.1 Å². The molecule has 0 saturated carbocycles. The Labute approximate surface area is 110 Å². The van der Waals surface area contributed by atoms with Gasteiger partial charge in [-0.3, -0.25) is 4.55 Å². The zero-order valence-electron chi connectivity index (χ0n) is 8.63. The van der Waals surface area contributed by atoms with E-state index < -0.39 is 34.6 Å². The summed E-state index contributed by atoms with van der Waals surface area (Å²) < 4.78 is 33.3. The average molecular weight is 247 g/mol. The predicted octanol–water partition coefficient (Wildman–Crippen LogP) is -3.64. The van der Waals surface area contributed by atoms with Gasteiger partial charge in [0.25, 0.3) is 10.1 Å². The summed E-state index contributed by atoms with van der Waals surface area (Å²) in [6.45, 7) is 4.20. The van der Waals surface area contributed by atoms with Crippen molar-refractivity contribution in [3.05, 3.63) is 12.2 Å². The summed E-state index contributed by atoms with van der Waals surface area (Å²) in [6.07, 6.45) is -1.44. The molecule has 0 spiro atoms. The minimum absolute atomic E-state index is 0. The van der Waals surface area contributed by atoms with E-state index in [0.717, 1.165) is 0 Å². The van der Waals surface area contributed by atoms with Crippen molar-refractivity contribution in [2.24, 2.45) is 0 Å². The molecule has 0 aliphatic heterocycles. The predicted molar refractivity (Wildman–Crippen MR) is 48.2 cm³/mol. The molecule has 0 saturated heterocycles. The number of aliphatic hydroxyl groups excluding tert-OH is 1. The molecular weight excluding hydrogens is 235 g/mol. The molecule has 1 unspecified atom stereocenters. The van der Waals surface area contributed by atoms with Crippen LogP contribution in [0.25, 0.3) is 0 Å². The molecule has 0 bridgehead atoms. The Morgan fingerprint density at radius 1 is 1.53 bits per heavy atom. The van der Waals surface area contributed by atoms with Crippen LogP contribution in [0.2, 0.25) is 0 Å². The molecular formula is C7H12NaO6S+. The Morgan fingerprint density at radius 2 is 2.00 bits per heavy atom. The van der Waals surface area contributed by atoms with Gasteiger partial charge in [0.15, 0.2) is 0 Å². The smallest absolute Gasteiger partial charge is 0.460 e. The maximum absolute atomic E-state index is 10.8. The van der Waals surface area contributed by atoms with Gasteiger partial charge in [0.05, 0.1) is 0 Å². The van der Waals surface area contributed by atoms with Crippen LogP contribution < -0.4 is 29.6 Å². The average Bonchev–Trinajstić information content (AvgIpc) is 1.96. The van der Waals surface area contributed by atoms with E-state index in [0.29, 0.717) is 0 Å². The molecule has 15 heavy (non-hydrogen) atoms. The van der Waals surface area contributed by atoms with Crippen LogP contribution in [0, 0.1) is 0 Å². The van der Waals surface area contributed by atoms with Crippen LogP contribution in [0.5, 0.6) is 0 Å². The summed E-state index contributed by atoms with van der Waals surface area (Å²) in [6, 6.07) is 0. The molecule has 0 heterocycles. The minimum atomic E-state index is -4.26. The Hall–Kier alpha value is 0.0800. The number of hydrogen-bond acceptors (Lipinski definition) is 5. The zero-order valence-corrected chi connectivity index (χ0v) is 11.5. The van der Waals surface area contributed by atoms with Gasteiger partial charge in [-0.15, -0.1) is 0 Å². The van der Waals surface area contributed by atoms with Gasteiger partial charge in [0.2, 0.25) is 0 Å². The van der Waals surface area contributed by atoms with E-state index >= 15 is 0 Å². The Kier molecular flexibility index (Phi) is 8.58. The number of esters is 1. The largest absolute Gasteiger partial charge is 1.00 e. The van der Waals surface area contributed by atoms with E-state index in [1.807, 2.05) is 0 Å². The number of rotatable bonds is 5. The molecule has 0 aliphatic rings. The molecule has 0 aromatic heterocycles. The third-order valence-electron chi connectivity index (χ3n) is 1.16. The first kappa shape index (κ1) is 17.5. The summed E-state index contributed by atoms with van der Waals surface area (Å²) in [5, 5.41) is 8.97. The fourth-order valence-electron chi connectivity index (χ4n) is 0.586. The van der Waals surface area contributed by atoms with Gasteiger partial charge in [-0.25, -0.2) is 4.79 Å². The van der Waals surface area contributed by atoms with Gasteiger partial charge >= 0.3 is 35.5 Å². The first-order valence-corrected chi connectivity index (χ1v) is 5.29. The maximum atomic E-state index is 10.8. The van der Waals surface area contributed by atoms with Gasteiger partial charge in [-0.1, -0.05) is 6.58 Å². The summed E-state index contributed by atoms with van der Waals surface area (Å²) in [7, 11) is -4.26. The molecule has 0 fully saturated rings. The first-order chi connectivity index (χ1) is 6.22. The van der Waals surface area contributed by atoms with Crippen LogP contribution in [0.3, 0.4) is 0 Å². The molecule has 0 aromatic carbocycles. The summed E-state index contributed by atoms with van der Waals surface area (Å²) >= 11 is 0. The van der Waals surface area contributed by atoms with Crippen molar-refractivity contribution in [3.63, 3.8) is 0 Å². The quantitative estimate of drug-likeness (QED) is 0.225. The standard InChI is InChI=1S/C7H12O6S.Na/c1-5(2)7(9)13-3-6(8)4-14(10,11)12;/h6,8H,1,3-4H2,2H3,(H,10,11,12);/q;+1. The topological polar surface area (TPSA) is 101 Å². The number of ether oxygens (including phenoxy) is 1. The van der Waals surface area contributed by atoms with E-state index in [2.05, 4.69) is 11.3 Å². The molecule has 0 aliphatic carbocycles. The van der Waals surface area contributed by atoms with Gasteiger partial charge in [-0.05, 0) is 6.92 Å². The van der Waals surface area contributed by atoms with Crippen LogP contribution in [-0.2, 0) is 19.6 Å². The number of aliphatic hydroxyl groups is 1. The Balaban J connectivity index is 0. The number of hydrogen-bond donors (Lipinski definition) is 2. The molecule has 8 heteroatoms. The monoisotopic (exact) mass is 247 g/mol. The third kappa shape index (κ3) is 10.4. The number of carbonyl (C=O) groups is 1. The molecule has 2 N–H and O–H groups in total. The SMILES string of the molecule is C=C(C)C(=O)OCC(O)CS(=O)(=O)O.[Na+]. The molecule has 6 nitrogen and oxygen atoms in total. The maximum Gasteiger partial charge on any atom is 1.00 e. The van der Waals surface area contributed by atoms with Gasteiger partial charge in [0.1, 0.15) is 18.5 Å². The second-order valence-corrected chi connectivity index (χ2v) is 4.28. The fourth-order valence-corrected chi connectivity index (χ4v) is 1.17. The molecule has 82 valence electrons. The van der Waals surface area contributed by atoms with Crippen LogP contribution in [0.1, 0.15) is 6.92 Å². The molecule has 0 amide bonds. The van der Waals surface area contributed by atoms with Crippen molar-refractivity contribution in [1.29, 1.82) is 0 Å². The molecule has 0 aromatic rings. The van der Waals surface area contributed by atoms with E-state index in [1.54, 1.807) is 0 Å². The van der Waals surface area contributed by atoms with Crippen molar-refractivity contribution in [1.82, 2.24) is 0 Å². The number of carbonyl (C=O) groups excluding carboxylic acids is 1. The van der Waals surface area contributed by atoms with Gasteiger partial charge < -0.3 is 9.84 Å². The molecule has 1 atom stereocenters. The first-order valence-electron chi connectivity index (χ1n) is 3.68. The fraction of sp³-hybridized carbons (Fsp3) is 0.571. The van der Waals surface area contributed by atoms with Crippen molar-refractivity contribution in [2.75, 3.05) is 12.4 Å². The second-order valence-electron chi connectivity index (χ2n) is 2.78. The molecule has 0 rings (SSSR count). The minimum Gasteiger partial charge on any atom is -0.460 e. The molecule has 0 radical (unpaired) electrons. The van der Waals surface area contributed by atoms with Crippen LogP contribution in [0.15, 0.2) is 12.2 Å². The van der Waals surface area contributed by atoms with E-state index in [9.17, 15) is 13.2 Å². The normalized spacial score (nSPS) is 12.5.